The molecule has 2 rings (SSSR count). The van der Waals surface area contributed by atoms with E-state index in [1.54, 1.807) is 0 Å². The molecular formula is C12H17BrN2. The summed E-state index contributed by atoms with van der Waals surface area (Å²) < 4.78 is 1.15. The largest absolute Gasteiger partial charge is 0.329 e. The summed E-state index contributed by atoms with van der Waals surface area (Å²) in [7, 11) is 2.00. The number of nitrogens with two attached hydrogens (primary N) is 1. The Morgan fingerprint density at radius 2 is 2.27 bits per heavy atom. The first kappa shape index (κ1) is 11.1. The Morgan fingerprint density at radius 3 is 2.73 bits per heavy atom. The molecule has 3 N–H and O–H groups in total. The van der Waals surface area contributed by atoms with E-state index in [4.69, 9.17) is 5.73 Å². The first-order chi connectivity index (χ1) is 7.23. The summed E-state index contributed by atoms with van der Waals surface area (Å²) in [5, 5.41) is 3.33. The van der Waals surface area contributed by atoms with Crippen LogP contribution in [0.4, 0.5) is 0 Å². The van der Waals surface area contributed by atoms with Crippen molar-refractivity contribution in [3.05, 3.63) is 34.3 Å². The average molecular weight is 269 g/mol. The second kappa shape index (κ2) is 4.24. The third-order valence-electron chi connectivity index (χ3n) is 3.44. The van der Waals surface area contributed by atoms with E-state index in [0.717, 1.165) is 4.47 Å². The van der Waals surface area contributed by atoms with Crippen molar-refractivity contribution in [2.75, 3.05) is 13.6 Å². The molecule has 0 spiro atoms. The Hall–Kier alpha value is -0.380. The van der Waals surface area contributed by atoms with Gasteiger partial charge in [0.05, 0.1) is 0 Å². The van der Waals surface area contributed by atoms with Crippen LogP contribution in [-0.2, 0) is 5.41 Å². The van der Waals surface area contributed by atoms with E-state index >= 15 is 0 Å². The van der Waals surface area contributed by atoms with Crippen LogP contribution in [0.3, 0.4) is 0 Å². The fraction of sp³-hybridized carbons (Fsp3) is 0.500. The zero-order chi connectivity index (χ0) is 10.9. The van der Waals surface area contributed by atoms with Gasteiger partial charge in [0.1, 0.15) is 0 Å². The molecule has 3 heteroatoms. The third kappa shape index (κ3) is 1.96. The van der Waals surface area contributed by atoms with Gasteiger partial charge >= 0.3 is 0 Å². The summed E-state index contributed by atoms with van der Waals surface area (Å²) >= 11 is 3.52. The quantitative estimate of drug-likeness (QED) is 0.877. The van der Waals surface area contributed by atoms with Gasteiger partial charge in [-0.05, 0) is 37.6 Å². The van der Waals surface area contributed by atoms with E-state index in [1.165, 1.54) is 18.4 Å². The van der Waals surface area contributed by atoms with E-state index in [9.17, 15) is 0 Å². The van der Waals surface area contributed by atoms with E-state index in [-0.39, 0.29) is 5.41 Å². The van der Waals surface area contributed by atoms with Crippen molar-refractivity contribution in [1.29, 1.82) is 0 Å². The highest BCUT2D eigenvalue weighted by molar-refractivity contribution is 9.10. The number of benzene rings is 1. The highest BCUT2D eigenvalue weighted by Gasteiger charge is 2.49. The molecule has 1 aromatic rings. The fourth-order valence-electron chi connectivity index (χ4n) is 2.39. The molecule has 15 heavy (non-hydrogen) atoms. The molecule has 0 radical (unpaired) electrons. The molecule has 0 bridgehead atoms. The van der Waals surface area contributed by atoms with Gasteiger partial charge < -0.3 is 11.1 Å². The third-order valence-corrected chi connectivity index (χ3v) is 3.93. The predicted molar refractivity (Wildman–Crippen MR) is 67.0 cm³/mol. The summed E-state index contributed by atoms with van der Waals surface area (Å²) in [5.41, 5.74) is 7.50. The van der Waals surface area contributed by atoms with E-state index < -0.39 is 0 Å². The molecule has 0 saturated heterocycles. The Bertz CT molecular complexity index is 343. The lowest BCUT2D eigenvalue weighted by Crippen LogP contribution is -2.43. The Kier molecular flexibility index (Phi) is 3.14. The summed E-state index contributed by atoms with van der Waals surface area (Å²) in [6.45, 7) is 0.697. The summed E-state index contributed by atoms with van der Waals surface area (Å²) in [6.07, 6.45) is 2.48. The van der Waals surface area contributed by atoms with Gasteiger partial charge in [-0.1, -0.05) is 28.1 Å². The van der Waals surface area contributed by atoms with Crippen LogP contribution in [0.25, 0.3) is 0 Å². The van der Waals surface area contributed by atoms with Gasteiger partial charge in [-0.3, -0.25) is 0 Å². The van der Waals surface area contributed by atoms with Crippen molar-refractivity contribution in [3.63, 3.8) is 0 Å². The number of halogens is 1. The second-order valence-electron chi connectivity index (χ2n) is 4.24. The maximum Gasteiger partial charge on any atom is 0.0284 e. The smallest absolute Gasteiger partial charge is 0.0284 e. The zero-order valence-electron chi connectivity index (χ0n) is 8.96. The highest BCUT2D eigenvalue weighted by Crippen LogP contribution is 2.51. The lowest BCUT2D eigenvalue weighted by atomic mass is 9.88. The van der Waals surface area contributed by atoms with Crippen LogP contribution in [-0.4, -0.2) is 19.6 Å². The minimum atomic E-state index is 0.285. The van der Waals surface area contributed by atoms with Gasteiger partial charge in [0.15, 0.2) is 0 Å². The van der Waals surface area contributed by atoms with E-state index in [0.29, 0.717) is 12.6 Å². The Balaban J connectivity index is 2.29. The molecule has 2 nitrogen and oxygen atoms in total. The summed E-state index contributed by atoms with van der Waals surface area (Å²) in [6, 6.07) is 8.98. The molecule has 0 heterocycles. The normalized spacial score (nSPS) is 19.9. The number of hydrogen-bond acceptors (Lipinski definition) is 2. The lowest BCUT2D eigenvalue weighted by molar-refractivity contribution is 0.453. The minimum absolute atomic E-state index is 0.285. The monoisotopic (exact) mass is 268 g/mol. The van der Waals surface area contributed by atoms with E-state index in [1.807, 2.05) is 7.05 Å². The fourth-order valence-corrected chi connectivity index (χ4v) is 2.79. The molecule has 1 unspecified atom stereocenters. The molecule has 1 aromatic carbocycles. The van der Waals surface area contributed by atoms with Crippen molar-refractivity contribution < 1.29 is 0 Å². The van der Waals surface area contributed by atoms with Crippen molar-refractivity contribution in [2.45, 2.75) is 24.3 Å². The van der Waals surface area contributed by atoms with Gasteiger partial charge in [-0.25, -0.2) is 0 Å². The van der Waals surface area contributed by atoms with Crippen LogP contribution in [0.2, 0.25) is 0 Å². The van der Waals surface area contributed by atoms with Gasteiger partial charge in [0.25, 0.3) is 0 Å². The van der Waals surface area contributed by atoms with Crippen LogP contribution in [0.1, 0.15) is 18.4 Å². The predicted octanol–water partition coefficient (Wildman–Crippen LogP) is 2.03. The molecule has 1 fully saturated rings. The van der Waals surface area contributed by atoms with Crippen molar-refractivity contribution in [1.82, 2.24) is 5.32 Å². The maximum atomic E-state index is 5.81. The Morgan fingerprint density at radius 1 is 1.53 bits per heavy atom. The summed E-state index contributed by atoms with van der Waals surface area (Å²) in [5.74, 6) is 0. The van der Waals surface area contributed by atoms with Crippen molar-refractivity contribution in [2.24, 2.45) is 5.73 Å². The molecule has 1 aliphatic carbocycles. The molecular weight excluding hydrogens is 252 g/mol. The van der Waals surface area contributed by atoms with E-state index in [2.05, 4.69) is 45.5 Å². The number of likely N-dealkylation sites (N-methyl/N-ethyl adjacent to an activating group) is 1. The van der Waals surface area contributed by atoms with Gasteiger partial charge in [0, 0.05) is 22.5 Å². The highest BCUT2D eigenvalue weighted by atomic mass is 79.9. The minimum Gasteiger partial charge on any atom is -0.329 e. The molecule has 0 amide bonds. The van der Waals surface area contributed by atoms with Crippen LogP contribution < -0.4 is 11.1 Å². The topological polar surface area (TPSA) is 38.0 Å². The van der Waals surface area contributed by atoms with Crippen molar-refractivity contribution >= 4 is 15.9 Å². The molecule has 82 valence electrons. The Labute approximate surface area is 99.4 Å². The number of nitrogens with one attached hydrogen (secondary N) is 1. The second-order valence-corrected chi connectivity index (χ2v) is 5.16. The first-order valence-corrected chi connectivity index (χ1v) is 6.15. The van der Waals surface area contributed by atoms with Gasteiger partial charge in [-0.15, -0.1) is 0 Å². The lowest BCUT2D eigenvalue weighted by Gasteiger charge is -2.26. The molecule has 0 aliphatic heterocycles. The first-order valence-electron chi connectivity index (χ1n) is 5.36. The number of hydrogen-bond donors (Lipinski definition) is 2. The zero-order valence-corrected chi connectivity index (χ0v) is 10.5. The maximum absolute atomic E-state index is 5.81. The van der Waals surface area contributed by atoms with Crippen LogP contribution in [0, 0.1) is 0 Å². The molecule has 1 saturated carbocycles. The molecule has 1 aliphatic rings. The molecule has 1 atom stereocenters. The van der Waals surface area contributed by atoms with Crippen LogP contribution in [0.15, 0.2) is 28.7 Å². The van der Waals surface area contributed by atoms with Crippen molar-refractivity contribution in [3.8, 4) is 0 Å². The SMILES string of the molecule is CNC(CN)C1(c2cccc(Br)c2)CC1. The van der Waals surface area contributed by atoms with Crippen LogP contribution >= 0.6 is 15.9 Å². The standard InChI is InChI=1S/C12H17BrN2/c1-15-11(8-14)12(5-6-12)9-3-2-4-10(13)7-9/h2-4,7,11,15H,5-6,8,14H2,1H3. The average Bonchev–Trinajstić information content (AvgIpc) is 3.01. The van der Waals surface area contributed by atoms with Gasteiger partial charge in [-0.2, -0.15) is 0 Å². The number of rotatable bonds is 4. The van der Waals surface area contributed by atoms with Gasteiger partial charge in [0.2, 0.25) is 0 Å². The summed E-state index contributed by atoms with van der Waals surface area (Å²) in [4.78, 5) is 0. The van der Waals surface area contributed by atoms with Crippen LogP contribution in [0.5, 0.6) is 0 Å². The molecule has 0 aromatic heterocycles.